The van der Waals surface area contributed by atoms with E-state index in [4.69, 9.17) is 27.9 Å². The van der Waals surface area contributed by atoms with Crippen LogP contribution in [0.15, 0.2) is 30.5 Å². The van der Waals surface area contributed by atoms with Crippen LogP contribution in [-0.4, -0.2) is 15.0 Å². The molecule has 0 atom stereocenters. The Labute approximate surface area is 138 Å². The zero-order valence-electron chi connectivity index (χ0n) is 12.1. The number of pyridine rings is 1. The number of fused-ring (bicyclic) bond motifs is 1. The summed E-state index contributed by atoms with van der Waals surface area (Å²) in [4.78, 5) is 12.8. The molecule has 4 nitrogen and oxygen atoms in total. The van der Waals surface area contributed by atoms with E-state index in [1.54, 1.807) is 18.3 Å². The summed E-state index contributed by atoms with van der Waals surface area (Å²) in [7, 11) is 0. The molecule has 0 aliphatic carbocycles. The first-order valence-electron chi connectivity index (χ1n) is 6.70. The predicted octanol–water partition coefficient (Wildman–Crippen LogP) is 4.53. The smallest absolute Gasteiger partial charge is 0.317 e. The fourth-order valence-electron chi connectivity index (χ4n) is 2.29. The Bertz CT molecular complexity index is 832. The molecule has 0 bridgehead atoms. The van der Waals surface area contributed by atoms with Gasteiger partial charge in [0, 0.05) is 33.6 Å². The van der Waals surface area contributed by atoms with E-state index >= 15 is 0 Å². The van der Waals surface area contributed by atoms with Crippen LogP contribution in [0, 0.1) is 13.8 Å². The lowest BCUT2D eigenvalue weighted by molar-refractivity contribution is 0.280. The highest BCUT2D eigenvalue weighted by Crippen LogP contribution is 2.29. The summed E-state index contributed by atoms with van der Waals surface area (Å²) in [6.45, 7) is 4.12. The van der Waals surface area contributed by atoms with E-state index in [2.05, 4.69) is 15.0 Å². The highest BCUT2D eigenvalue weighted by Gasteiger charge is 2.09. The normalized spacial score (nSPS) is 10.9. The second-order valence-corrected chi connectivity index (χ2v) is 5.82. The Kier molecular flexibility index (Phi) is 4.14. The molecule has 0 aliphatic rings. The Morgan fingerprint density at radius 3 is 2.50 bits per heavy atom. The van der Waals surface area contributed by atoms with Crippen molar-refractivity contribution >= 4 is 34.1 Å². The fourth-order valence-corrected chi connectivity index (χ4v) is 2.90. The molecule has 2 aromatic heterocycles. The summed E-state index contributed by atoms with van der Waals surface area (Å²) in [5, 5.41) is 1.94. The number of aryl methyl sites for hydroxylation is 2. The zero-order chi connectivity index (χ0) is 15.7. The van der Waals surface area contributed by atoms with Crippen LogP contribution in [0.1, 0.15) is 17.0 Å². The Morgan fingerprint density at radius 2 is 1.77 bits per heavy atom. The third kappa shape index (κ3) is 3.13. The van der Waals surface area contributed by atoms with E-state index in [0.29, 0.717) is 22.7 Å². The molecule has 1 aromatic carbocycles. The fraction of sp³-hybridized carbons (Fsp3) is 0.188. The zero-order valence-corrected chi connectivity index (χ0v) is 13.6. The van der Waals surface area contributed by atoms with Gasteiger partial charge in [-0.05, 0) is 38.1 Å². The van der Waals surface area contributed by atoms with Crippen molar-refractivity contribution in [2.75, 3.05) is 0 Å². The van der Waals surface area contributed by atoms with Gasteiger partial charge in [-0.1, -0.05) is 23.2 Å². The molecule has 0 saturated carbocycles. The standard InChI is InChI=1S/C16H13Cl2N3O/c1-9-5-10(2)21-16(20-9)22-8-11-3-4-19-14-7-12(17)6-13(18)15(11)14/h3-7H,8H2,1-2H3. The number of aromatic nitrogens is 3. The third-order valence-corrected chi connectivity index (χ3v) is 3.68. The minimum atomic E-state index is 0.309. The molecule has 0 saturated heterocycles. The van der Waals surface area contributed by atoms with Crippen LogP contribution in [0.4, 0.5) is 0 Å². The van der Waals surface area contributed by atoms with E-state index in [0.717, 1.165) is 27.9 Å². The quantitative estimate of drug-likeness (QED) is 0.706. The number of halogens is 2. The Morgan fingerprint density at radius 1 is 1.05 bits per heavy atom. The van der Waals surface area contributed by atoms with Crippen molar-refractivity contribution in [3.05, 3.63) is 57.5 Å². The van der Waals surface area contributed by atoms with Gasteiger partial charge in [-0.2, -0.15) is 0 Å². The van der Waals surface area contributed by atoms with Crippen LogP contribution in [0.2, 0.25) is 10.0 Å². The Hall–Kier alpha value is -1.91. The molecule has 0 N–H and O–H groups in total. The maximum Gasteiger partial charge on any atom is 0.317 e. The van der Waals surface area contributed by atoms with Gasteiger partial charge in [0.2, 0.25) is 0 Å². The molecule has 0 amide bonds. The lowest BCUT2D eigenvalue weighted by Crippen LogP contribution is -2.02. The molecule has 22 heavy (non-hydrogen) atoms. The van der Waals surface area contributed by atoms with Gasteiger partial charge >= 0.3 is 6.01 Å². The van der Waals surface area contributed by atoms with Crippen LogP contribution in [0.3, 0.4) is 0 Å². The summed E-state index contributed by atoms with van der Waals surface area (Å²) in [6, 6.07) is 7.59. The highest BCUT2D eigenvalue weighted by molar-refractivity contribution is 6.38. The van der Waals surface area contributed by atoms with Crippen molar-refractivity contribution in [1.82, 2.24) is 15.0 Å². The molecule has 112 valence electrons. The van der Waals surface area contributed by atoms with E-state index in [1.165, 1.54) is 0 Å². The molecule has 3 rings (SSSR count). The van der Waals surface area contributed by atoms with Gasteiger partial charge in [-0.25, -0.2) is 9.97 Å². The van der Waals surface area contributed by atoms with E-state index in [-0.39, 0.29) is 0 Å². The van der Waals surface area contributed by atoms with Crippen molar-refractivity contribution in [1.29, 1.82) is 0 Å². The van der Waals surface area contributed by atoms with Gasteiger partial charge in [0.25, 0.3) is 0 Å². The third-order valence-electron chi connectivity index (χ3n) is 3.16. The van der Waals surface area contributed by atoms with Gasteiger partial charge in [0.05, 0.1) is 10.5 Å². The van der Waals surface area contributed by atoms with E-state index in [9.17, 15) is 0 Å². The molecule has 0 radical (unpaired) electrons. The van der Waals surface area contributed by atoms with Gasteiger partial charge in [-0.3, -0.25) is 4.98 Å². The average molecular weight is 334 g/mol. The van der Waals surface area contributed by atoms with Crippen molar-refractivity contribution in [2.45, 2.75) is 20.5 Å². The molecule has 6 heteroatoms. The molecule has 0 spiro atoms. The predicted molar refractivity (Wildman–Crippen MR) is 87.6 cm³/mol. The summed E-state index contributed by atoms with van der Waals surface area (Å²) in [6.07, 6.45) is 1.70. The first-order chi connectivity index (χ1) is 10.5. The van der Waals surface area contributed by atoms with E-state index < -0.39 is 0 Å². The molecule has 0 fully saturated rings. The number of hydrogen-bond acceptors (Lipinski definition) is 4. The molecule has 0 unspecified atom stereocenters. The number of ether oxygens (including phenoxy) is 1. The number of rotatable bonds is 3. The summed E-state index contributed by atoms with van der Waals surface area (Å²) in [5.74, 6) is 0. The first kappa shape index (κ1) is 15.0. The molecular formula is C16H13Cl2N3O. The lowest BCUT2D eigenvalue weighted by Gasteiger charge is -2.10. The van der Waals surface area contributed by atoms with Crippen LogP contribution in [0.25, 0.3) is 10.9 Å². The second kappa shape index (κ2) is 6.07. The minimum Gasteiger partial charge on any atom is -0.459 e. The van der Waals surface area contributed by atoms with Crippen LogP contribution >= 0.6 is 23.2 Å². The van der Waals surface area contributed by atoms with Gasteiger partial charge in [0.15, 0.2) is 0 Å². The topological polar surface area (TPSA) is 47.9 Å². The average Bonchev–Trinajstić information content (AvgIpc) is 2.43. The molecule has 2 heterocycles. The monoisotopic (exact) mass is 333 g/mol. The van der Waals surface area contributed by atoms with Gasteiger partial charge in [0.1, 0.15) is 6.61 Å². The molecular weight excluding hydrogens is 321 g/mol. The number of hydrogen-bond donors (Lipinski definition) is 0. The van der Waals surface area contributed by atoms with Gasteiger partial charge < -0.3 is 4.74 Å². The van der Waals surface area contributed by atoms with Crippen LogP contribution < -0.4 is 4.74 Å². The SMILES string of the molecule is Cc1cc(C)nc(OCc2ccnc3cc(Cl)cc(Cl)c23)n1. The minimum absolute atomic E-state index is 0.309. The van der Waals surface area contributed by atoms with E-state index in [1.807, 2.05) is 26.0 Å². The van der Waals surface area contributed by atoms with Crippen molar-refractivity contribution in [2.24, 2.45) is 0 Å². The van der Waals surface area contributed by atoms with Crippen molar-refractivity contribution in [3.63, 3.8) is 0 Å². The number of nitrogens with zero attached hydrogens (tertiary/aromatic N) is 3. The molecule has 3 aromatic rings. The Balaban J connectivity index is 1.94. The molecule has 0 aliphatic heterocycles. The largest absolute Gasteiger partial charge is 0.459 e. The number of benzene rings is 1. The van der Waals surface area contributed by atoms with Crippen molar-refractivity contribution < 1.29 is 4.74 Å². The van der Waals surface area contributed by atoms with Crippen LogP contribution in [0.5, 0.6) is 6.01 Å². The second-order valence-electron chi connectivity index (χ2n) is 4.97. The summed E-state index contributed by atoms with van der Waals surface area (Å²) < 4.78 is 5.71. The van der Waals surface area contributed by atoms with Crippen molar-refractivity contribution in [3.8, 4) is 6.01 Å². The lowest BCUT2D eigenvalue weighted by atomic mass is 10.1. The first-order valence-corrected chi connectivity index (χ1v) is 7.46. The highest BCUT2D eigenvalue weighted by atomic mass is 35.5. The maximum atomic E-state index is 6.29. The van der Waals surface area contributed by atoms with Crippen LogP contribution in [-0.2, 0) is 6.61 Å². The van der Waals surface area contributed by atoms with Gasteiger partial charge in [-0.15, -0.1) is 0 Å². The maximum absolute atomic E-state index is 6.29. The summed E-state index contributed by atoms with van der Waals surface area (Å²) >= 11 is 12.3. The summed E-state index contributed by atoms with van der Waals surface area (Å²) in [5.41, 5.74) is 3.38.